The fourth-order valence-corrected chi connectivity index (χ4v) is 4.32. The van der Waals surface area contributed by atoms with E-state index in [-0.39, 0.29) is 24.3 Å². The maximum Gasteiger partial charge on any atom is 0.319 e. The topological polar surface area (TPSA) is 81.6 Å². The van der Waals surface area contributed by atoms with Gasteiger partial charge in [-0.15, -0.1) is 0 Å². The molecule has 0 radical (unpaired) electrons. The summed E-state index contributed by atoms with van der Waals surface area (Å²) in [6.45, 7) is 8.09. The summed E-state index contributed by atoms with van der Waals surface area (Å²) in [4.78, 5) is 26.1. The summed E-state index contributed by atoms with van der Waals surface area (Å²) in [7, 11) is 0. The zero-order chi connectivity index (χ0) is 22.7. The molecular formula is C22H30F2N6O2. The van der Waals surface area contributed by atoms with Crippen molar-refractivity contribution in [3.05, 3.63) is 29.6 Å². The van der Waals surface area contributed by atoms with Crippen molar-refractivity contribution < 1.29 is 18.3 Å². The van der Waals surface area contributed by atoms with Gasteiger partial charge in [0.25, 0.3) is 0 Å². The summed E-state index contributed by atoms with van der Waals surface area (Å²) in [5, 5.41) is 4.85. The molecule has 0 saturated carbocycles. The van der Waals surface area contributed by atoms with E-state index in [1.165, 1.54) is 6.07 Å². The molecule has 3 aliphatic rings. The summed E-state index contributed by atoms with van der Waals surface area (Å²) in [5.74, 6) is 0.0426. The molecule has 3 aliphatic heterocycles. The number of anilines is 1. The van der Waals surface area contributed by atoms with E-state index < -0.39 is 18.5 Å². The number of alkyl halides is 1. The highest BCUT2D eigenvalue weighted by atomic mass is 19.1. The number of carbonyl (C=O) groups excluding carboxylic acids is 1. The number of amidine groups is 1. The molecule has 2 amide bonds. The van der Waals surface area contributed by atoms with Crippen LogP contribution >= 0.6 is 0 Å². The number of benzene rings is 1. The van der Waals surface area contributed by atoms with Gasteiger partial charge in [0, 0.05) is 56.1 Å². The second-order valence-corrected chi connectivity index (χ2v) is 8.51. The van der Waals surface area contributed by atoms with E-state index in [4.69, 9.17) is 14.7 Å². The van der Waals surface area contributed by atoms with Gasteiger partial charge in [0.2, 0.25) is 0 Å². The molecule has 8 nitrogen and oxygen atoms in total. The quantitative estimate of drug-likeness (QED) is 0.699. The lowest BCUT2D eigenvalue weighted by Crippen LogP contribution is -2.49. The van der Waals surface area contributed by atoms with Gasteiger partial charge in [0.15, 0.2) is 5.84 Å². The number of amides is 2. The van der Waals surface area contributed by atoms with Crippen LogP contribution in [0.2, 0.25) is 0 Å². The third-order valence-corrected chi connectivity index (χ3v) is 6.09. The van der Waals surface area contributed by atoms with Gasteiger partial charge < -0.3 is 15.4 Å². The summed E-state index contributed by atoms with van der Waals surface area (Å²) in [6.07, 6.45) is -0.103. The molecule has 32 heavy (non-hydrogen) atoms. The minimum Gasteiger partial charge on any atom is -0.379 e. The average Bonchev–Trinajstić information content (AvgIpc) is 3.22. The zero-order valence-corrected chi connectivity index (χ0v) is 18.5. The molecule has 2 N–H and O–H groups in total. The molecule has 3 heterocycles. The number of morpholine rings is 1. The van der Waals surface area contributed by atoms with Gasteiger partial charge in [-0.25, -0.2) is 23.6 Å². The first-order valence-corrected chi connectivity index (χ1v) is 11.1. The normalized spacial score (nSPS) is 24.2. The Morgan fingerprint density at radius 2 is 2.09 bits per heavy atom. The summed E-state index contributed by atoms with van der Waals surface area (Å²) in [6, 6.07) is 4.22. The number of ether oxygens (including phenoxy) is 1. The van der Waals surface area contributed by atoms with Crippen LogP contribution in [0.5, 0.6) is 0 Å². The van der Waals surface area contributed by atoms with Crippen molar-refractivity contribution in [3.63, 3.8) is 0 Å². The number of halogens is 2. The summed E-state index contributed by atoms with van der Waals surface area (Å²) >= 11 is 0. The molecule has 2 saturated heterocycles. The Hall–Kier alpha value is -2.43. The lowest BCUT2D eigenvalue weighted by molar-refractivity contribution is 0.00992. The van der Waals surface area contributed by atoms with Crippen LogP contribution in [0.4, 0.5) is 19.3 Å². The Morgan fingerprint density at radius 1 is 1.31 bits per heavy atom. The van der Waals surface area contributed by atoms with Crippen LogP contribution in [0, 0.1) is 11.7 Å². The number of rotatable bonds is 6. The summed E-state index contributed by atoms with van der Waals surface area (Å²) < 4.78 is 32.7. The third kappa shape index (κ3) is 4.97. The molecule has 2 unspecified atom stereocenters. The Bertz CT molecular complexity index is 900. The Balaban J connectivity index is 1.59. The monoisotopic (exact) mass is 448 g/mol. The maximum atomic E-state index is 15.0. The summed E-state index contributed by atoms with van der Waals surface area (Å²) in [5.41, 5.74) is 1.61. The molecule has 1 aromatic rings. The van der Waals surface area contributed by atoms with E-state index in [0.29, 0.717) is 30.7 Å². The van der Waals surface area contributed by atoms with Gasteiger partial charge in [-0.2, -0.15) is 0 Å². The van der Waals surface area contributed by atoms with E-state index in [2.05, 4.69) is 34.3 Å². The van der Waals surface area contributed by atoms with Crippen molar-refractivity contribution in [2.24, 2.45) is 15.9 Å². The van der Waals surface area contributed by atoms with Crippen molar-refractivity contribution in [1.29, 1.82) is 0 Å². The number of hydrogen-bond donors (Lipinski definition) is 2. The minimum absolute atomic E-state index is 0.0990. The molecule has 0 aromatic heterocycles. The Kier molecular flexibility index (Phi) is 7.12. The number of fused-ring (bicyclic) bond motifs is 1. The first-order valence-electron chi connectivity index (χ1n) is 11.1. The number of hydrogen-bond acceptors (Lipinski definition) is 6. The molecule has 1 aromatic carbocycles. The number of urea groups is 1. The van der Waals surface area contributed by atoms with Crippen LogP contribution in [-0.4, -0.2) is 92.2 Å². The lowest BCUT2D eigenvalue weighted by Gasteiger charge is -2.37. The number of nitrogens with one attached hydrogen (secondary N) is 2. The molecule has 4 rings (SSSR count). The molecule has 10 heteroatoms. The average molecular weight is 449 g/mol. The molecule has 2 atom stereocenters. The Morgan fingerprint density at radius 3 is 2.78 bits per heavy atom. The third-order valence-electron chi connectivity index (χ3n) is 6.09. The highest BCUT2D eigenvalue weighted by Gasteiger charge is 2.41. The molecule has 0 spiro atoms. The predicted octanol–water partition coefficient (Wildman–Crippen LogP) is 2.12. The number of nitrogens with zero attached hydrogens (tertiary/aromatic N) is 4. The molecule has 174 valence electrons. The number of likely N-dealkylation sites (tertiary alicyclic amines) is 1. The number of aliphatic imine (C=N–C) groups is 2. The van der Waals surface area contributed by atoms with Crippen molar-refractivity contribution in [2.75, 3.05) is 57.9 Å². The van der Waals surface area contributed by atoms with E-state index in [1.54, 1.807) is 12.1 Å². The highest BCUT2D eigenvalue weighted by molar-refractivity contribution is 6.10. The van der Waals surface area contributed by atoms with Crippen molar-refractivity contribution in [2.45, 2.75) is 26.1 Å². The predicted molar refractivity (Wildman–Crippen MR) is 120 cm³/mol. The second kappa shape index (κ2) is 10.0. The van der Waals surface area contributed by atoms with E-state index in [9.17, 15) is 9.18 Å². The van der Waals surface area contributed by atoms with Crippen LogP contribution in [0.15, 0.2) is 28.2 Å². The van der Waals surface area contributed by atoms with E-state index in [0.717, 1.165) is 31.9 Å². The smallest absolute Gasteiger partial charge is 0.319 e. The van der Waals surface area contributed by atoms with Gasteiger partial charge in [-0.05, 0) is 32.0 Å². The van der Waals surface area contributed by atoms with Gasteiger partial charge in [0.1, 0.15) is 18.7 Å². The molecule has 0 aliphatic carbocycles. The first-order chi connectivity index (χ1) is 15.5. The van der Waals surface area contributed by atoms with Crippen molar-refractivity contribution in [3.8, 4) is 0 Å². The lowest BCUT2D eigenvalue weighted by atomic mass is 9.99. The Labute approximate surface area is 186 Å². The van der Waals surface area contributed by atoms with Gasteiger partial charge >= 0.3 is 6.03 Å². The standard InChI is InChI=1S/C22H30F2N6O2/c1-14(2)30-12-17-19(13-30)27-20(28-21(17)29-7-9-32-10-8-29)16-4-3-15(11-18(16)24)26-22(31)25-6-5-23/h3-4,11,14,17,21H,5-10,12-13H2,1-2H3,(H2,25,26,31). The maximum absolute atomic E-state index is 15.0. The number of carbonyl (C=O) groups is 1. The highest BCUT2D eigenvalue weighted by Crippen LogP contribution is 2.30. The van der Waals surface area contributed by atoms with Crippen LogP contribution < -0.4 is 10.6 Å². The largest absolute Gasteiger partial charge is 0.379 e. The van der Waals surface area contributed by atoms with Crippen LogP contribution in [-0.2, 0) is 4.74 Å². The molecular weight excluding hydrogens is 418 g/mol. The zero-order valence-electron chi connectivity index (χ0n) is 18.5. The van der Waals surface area contributed by atoms with Gasteiger partial charge in [-0.1, -0.05) is 0 Å². The SMILES string of the molecule is CC(C)N1CC2=NC(c3ccc(NC(=O)NCCF)cc3F)=NC(N3CCOCC3)C2C1. The minimum atomic E-state index is -0.666. The fraction of sp³-hybridized carbons (Fsp3) is 0.591. The van der Waals surface area contributed by atoms with Crippen LogP contribution in [0.3, 0.4) is 0 Å². The van der Waals surface area contributed by atoms with Crippen LogP contribution in [0.25, 0.3) is 0 Å². The van der Waals surface area contributed by atoms with Gasteiger partial charge in [0.05, 0.1) is 18.8 Å². The molecule has 0 bridgehead atoms. The van der Waals surface area contributed by atoms with Crippen LogP contribution in [0.1, 0.15) is 19.4 Å². The second-order valence-electron chi connectivity index (χ2n) is 8.51. The fourth-order valence-electron chi connectivity index (χ4n) is 4.32. The first kappa shape index (κ1) is 22.8. The van der Waals surface area contributed by atoms with E-state index >= 15 is 4.39 Å². The van der Waals surface area contributed by atoms with Crippen molar-refractivity contribution in [1.82, 2.24) is 15.1 Å². The van der Waals surface area contributed by atoms with E-state index in [1.807, 2.05) is 0 Å². The van der Waals surface area contributed by atoms with Crippen molar-refractivity contribution >= 4 is 23.3 Å². The molecule has 2 fully saturated rings. The van der Waals surface area contributed by atoms with Gasteiger partial charge in [-0.3, -0.25) is 9.80 Å².